The van der Waals surface area contributed by atoms with Gasteiger partial charge in [0.05, 0.1) is 0 Å². The standard InChI is InChI=1S/C17H15FN4O/c18-14-6-2-1-5-13(14)11-21-16(23)12-22-10-9-20-17(22)15-7-3-4-8-19-15/h1-10H,11-12H2,(H,21,23). The number of rotatable bonds is 5. The minimum absolute atomic E-state index is 0.0976. The predicted molar refractivity (Wildman–Crippen MR) is 83.7 cm³/mol. The molecule has 0 saturated carbocycles. The molecule has 0 aliphatic carbocycles. The van der Waals surface area contributed by atoms with Gasteiger partial charge in [0.15, 0.2) is 5.82 Å². The molecule has 2 heterocycles. The summed E-state index contributed by atoms with van der Waals surface area (Å²) in [5.41, 5.74) is 1.15. The highest BCUT2D eigenvalue weighted by Crippen LogP contribution is 2.13. The number of carbonyl (C=O) groups excluding carboxylic acids is 1. The topological polar surface area (TPSA) is 59.8 Å². The van der Waals surface area contributed by atoms with Crippen LogP contribution in [-0.2, 0) is 17.9 Å². The number of amides is 1. The molecule has 0 saturated heterocycles. The Hall–Kier alpha value is -3.02. The molecular formula is C17H15FN4O. The van der Waals surface area contributed by atoms with Gasteiger partial charge in [0.1, 0.15) is 18.1 Å². The quantitative estimate of drug-likeness (QED) is 0.787. The monoisotopic (exact) mass is 310 g/mol. The van der Waals surface area contributed by atoms with Gasteiger partial charge in [0.2, 0.25) is 5.91 Å². The van der Waals surface area contributed by atoms with Crippen molar-refractivity contribution in [3.8, 4) is 11.5 Å². The lowest BCUT2D eigenvalue weighted by atomic mass is 10.2. The van der Waals surface area contributed by atoms with Crippen LogP contribution in [0.4, 0.5) is 4.39 Å². The third kappa shape index (κ3) is 3.60. The zero-order valence-electron chi connectivity index (χ0n) is 12.3. The highest BCUT2D eigenvalue weighted by molar-refractivity contribution is 5.76. The van der Waals surface area contributed by atoms with E-state index in [4.69, 9.17) is 0 Å². The first-order chi connectivity index (χ1) is 11.2. The number of nitrogens with one attached hydrogen (secondary N) is 1. The Balaban J connectivity index is 1.65. The number of pyridine rings is 1. The Labute approximate surface area is 132 Å². The van der Waals surface area contributed by atoms with E-state index in [0.717, 1.165) is 0 Å². The Morgan fingerprint density at radius 3 is 2.70 bits per heavy atom. The molecule has 1 amide bonds. The average molecular weight is 310 g/mol. The molecule has 0 aliphatic heterocycles. The van der Waals surface area contributed by atoms with Crippen LogP contribution in [0.1, 0.15) is 5.56 Å². The molecule has 0 spiro atoms. The normalized spacial score (nSPS) is 10.5. The molecule has 0 radical (unpaired) electrons. The fraction of sp³-hybridized carbons (Fsp3) is 0.118. The van der Waals surface area contributed by atoms with Crippen LogP contribution in [0.2, 0.25) is 0 Å². The third-order valence-electron chi connectivity index (χ3n) is 3.36. The highest BCUT2D eigenvalue weighted by Gasteiger charge is 2.10. The smallest absolute Gasteiger partial charge is 0.240 e. The predicted octanol–water partition coefficient (Wildman–Crippen LogP) is 2.40. The second-order valence-corrected chi connectivity index (χ2v) is 4.96. The average Bonchev–Trinajstić information content (AvgIpc) is 3.03. The molecule has 0 fully saturated rings. The van der Waals surface area contributed by atoms with Crippen molar-refractivity contribution in [3.63, 3.8) is 0 Å². The minimum atomic E-state index is -0.329. The van der Waals surface area contributed by atoms with Crippen molar-refractivity contribution in [3.05, 3.63) is 72.4 Å². The van der Waals surface area contributed by atoms with Crippen LogP contribution in [0.3, 0.4) is 0 Å². The van der Waals surface area contributed by atoms with Crippen molar-refractivity contribution in [1.82, 2.24) is 19.9 Å². The van der Waals surface area contributed by atoms with E-state index >= 15 is 0 Å². The molecule has 116 valence electrons. The summed E-state index contributed by atoms with van der Waals surface area (Å²) in [5, 5.41) is 2.71. The zero-order valence-corrected chi connectivity index (χ0v) is 12.3. The second-order valence-electron chi connectivity index (χ2n) is 4.96. The van der Waals surface area contributed by atoms with Crippen molar-refractivity contribution in [2.75, 3.05) is 0 Å². The van der Waals surface area contributed by atoms with Crippen molar-refractivity contribution < 1.29 is 9.18 Å². The lowest BCUT2D eigenvalue weighted by Crippen LogP contribution is -2.27. The van der Waals surface area contributed by atoms with E-state index in [9.17, 15) is 9.18 Å². The molecular weight excluding hydrogens is 295 g/mol. The second kappa shape index (κ2) is 6.83. The van der Waals surface area contributed by atoms with E-state index in [1.165, 1.54) is 6.07 Å². The number of carbonyl (C=O) groups is 1. The van der Waals surface area contributed by atoms with Crippen LogP contribution in [0.15, 0.2) is 61.1 Å². The Morgan fingerprint density at radius 2 is 1.91 bits per heavy atom. The lowest BCUT2D eigenvalue weighted by molar-refractivity contribution is -0.121. The summed E-state index contributed by atoms with van der Waals surface area (Å²) in [5.74, 6) is 0.0691. The summed E-state index contributed by atoms with van der Waals surface area (Å²) in [6.45, 7) is 0.249. The van der Waals surface area contributed by atoms with Crippen LogP contribution in [0, 0.1) is 5.82 Å². The molecule has 3 aromatic rings. The van der Waals surface area contributed by atoms with E-state index in [-0.39, 0.29) is 24.8 Å². The van der Waals surface area contributed by atoms with Crippen molar-refractivity contribution >= 4 is 5.91 Å². The highest BCUT2D eigenvalue weighted by atomic mass is 19.1. The maximum atomic E-state index is 13.5. The van der Waals surface area contributed by atoms with Gasteiger partial charge in [-0.1, -0.05) is 24.3 Å². The molecule has 0 bridgehead atoms. The maximum absolute atomic E-state index is 13.5. The molecule has 3 rings (SSSR count). The number of imidazole rings is 1. The van der Waals surface area contributed by atoms with Gasteiger partial charge in [0, 0.05) is 30.7 Å². The number of halogens is 1. The van der Waals surface area contributed by atoms with Gasteiger partial charge in [0.25, 0.3) is 0 Å². The summed E-state index contributed by atoms with van der Waals surface area (Å²) in [4.78, 5) is 20.5. The van der Waals surface area contributed by atoms with Crippen molar-refractivity contribution in [2.24, 2.45) is 0 Å². The summed E-state index contributed by atoms with van der Waals surface area (Å²) in [6, 6.07) is 11.9. The molecule has 2 aromatic heterocycles. The van der Waals surface area contributed by atoms with Crippen LogP contribution < -0.4 is 5.32 Å². The van der Waals surface area contributed by atoms with Crippen molar-refractivity contribution in [2.45, 2.75) is 13.1 Å². The molecule has 1 aromatic carbocycles. The summed E-state index contributed by atoms with van der Waals surface area (Å²) in [7, 11) is 0. The van der Waals surface area contributed by atoms with E-state index in [1.54, 1.807) is 41.4 Å². The Kier molecular flexibility index (Phi) is 4.42. The largest absolute Gasteiger partial charge is 0.350 e. The van der Waals surface area contributed by atoms with Crippen LogP contribution in [-0.4, -0.2) is 20.4 Å². The van der Waals surface area contributed by atoms with E-state index in [0.29, 0.717) is 17.1 Å². The van der Waals surface area contributed by atoms with E-state index < -0.39 is 0 Å². The van der Waals surface area contributed by atoms with Gasteiger partial charge in [-0.25, -0.2) is 9.37 Å². The summed E-state index contributed by atoms with van der Waals surface area (Å²) >= 11 is 0. The molecule has 6 heteroatoms. The van der Waals surface area contributed by atoms with E-state index in [1.807, 2.05) is 18.2 Å². The fourth-order valence-corrected chi connectivity index (χ4v) is 2.21. The SMILES string of the molecule is O=C(Cn1ccnc1-c1ccccn1)NCc1ccccc1F. The van der Waals surface area contributed by atoms with Crippen LogP contribution in [0.25, 0.3) is 11.5 Å². The van der Waals surface area contributed by atoms with E-state index in [2.05, 4.69) is 15.3 Å². The molecule has 1 N–H and O–H groups in total. The van der Waals surface area contributed by atoms with Gasteiger partial charge in [-0.05, 0) is 18.2 Å². The summed E-state index contributed by atoms with van der Waals surface area (Å²) in [6.07, 6.45) is 5.01. The van der Waals surface area contributed by atoms with Gasteiger partial charge < -0.3 is 9.88 Å². The van der Waals surface area contributed by atoms with Crippen LogP contribution in [0.5, 0.6) is 0 Å². The van der Waals surface area contributed by atoms with Gasteiger partial charge in [-0.15, -0.1) is 0 Å². The van der Waals surface area contributed by atoms with Crippen LogP contribution >= 0.6 is 0 Å². The Morgan fingerprint density at radius 1 is 1.09 bits per heavy atom. The first kappa shape index (κ1) is 14.9. The maximum Gasteiger partial charge on any atom is 0.240 e. The first-order valence-electron chi connectivity index (χ1n) is 7.16. The number of benzene rings is 1. The molecule has 0 unspecified atom stereocenters. The molecule has 0 aliphatic rings. The minimum Gasteiger partial charge on any atom is -0.350 e. The number of aromatic nitrogens is 3. The number of hydrogen-bond donors (Lipinski definition) is 1. The van der Waals surface area contributed by atoms with Gasteiger partial charge >= 0.3 is 0 Å². The number of hydrogen-bond acceptors (Lipinski definition) is 3. The van der Waals surface area contributed by atoms with Gasteiger partial charge in [-0.2, -0.15) is 0 Å². The molecule has 5 nitrogen and oxygen atoms in total. The summed E-state index contributed by atoms with van der Waals surface area (Å²) < 4.78 is 15.2. The first-order valence-corrected chi connectivity index (χ1v) is 7.16. The number of nitrogens with zero attached hydrogens (tertiary/aromatic N) is 3. The van der Waals surface area contributed by atoms with Crippen molar-refractivity contribution in [1.29, 1.82) is 0 Å². The lowest BCUT2D eigenvalue weighted by Gasteiger charge is -2.09. The Bertz CT molecular complexity index is 801. The van der Waals surface area contributed by atoms with Gasteiger partial charge in [-0.3, -0.25) is 9.78 Å². The fourth-order valence-electron chi connectivity index (χ4n) is 2.21. The third-order valence-corrected chi connectivity index (χ3v) is 3.36. The molecule has 0 atom stereocenters. The molecule has 23 heavy (non-hydrogen) atoms. The zero-order chi connectivity index (χ0) is 16.1.